The Hall–Kier alpha value is -4.58. The summed E-state index contributed by atoms with van der Waals surface area (Å²) in [7, 11) is -8.81. The van der Waals surface area contributed by atoms with Crippen molar-refractivity contribution in [2.24, 2.45) is 0 Å². The molecule has 2 aliphatic carbocycles. The van der Waals surface area contributed by atoms with E-state index in [1.165, 1.54) is 24.3 Å². The molecule has 284 valence electrons. The van der Waals surface area contributed by atoms with Gasteiger partial charge in [0.25, 0.3) is 0 Å². The second kappa shape index (κ2) is 14.2. The van der Waals surface area contributed by atoms with Gasteiger partial charge < -0.3 is 0 Å². The molecule has 6 aromatic rings. The van der Waals surface area contributed by atoms with Crippen LogP contribution in [-0.4, -0.2) is 45.5 Å². The number of rotatable bonds is 12. The summed E-state index contributed by atoms with van der Waals surface area (Å²) in [4.78, 5) is 1.26. The van der Waals surface area contributed by atoms with E-state index in [2.05, 4.69) is 10.2 Å². The van der Waals surface area contributed by atoms with Gasteiger partial charge in [-0.3, -0.25) is 18.5 Å². The molecule has 0 radical (unpaired) electrons. The lowest BCUT2D eigenvalue weighted by Crippen LogP contribution is -2.04. The fourth-order valence-corrected chi connectivity index (χ4v) is 11.0. The highest BCUT2D eigenvalue weighted by Crippen LogP contribution is 2.48. The number of halogens is 2. The highest BCUT2D eigenvalue weighted by molar-refractivity contribution is 7.88. The van der Waals surface area contributed by atoms with Crippen LogP contribution in [0.3, 0.4) is 0 Å². The van der Waals surface area contributed by atoms with Gasteiger partial charge in [-0.05, 0) is 79.6 Å². The topological polar surface area (TPSA) is 144 Å². The minimum absolute atomic E-state index is 0.167. The number of nitrogens with zero attached hydrogens (tertiary/aromatic N) is 4. The van der Waals surface area contributed by atoms with E-state index in [-0.39, 0.29) is 32.6 Å². The van der Waals surface area contributed by atoms with Gasteiger partial charge in [-0.15, -0.1) is 22.7 Å². The number of benzene rings is 2. The third kappa shape index (κ3) is 7.30. The van der Waals surface area contributed by atoms with Crippen molar-refractivity contribution in [3.05, 3.63) is 129 Å². The number of thiophene rings is 2. The van der Waals surface area contributed by atoms with Crippen molar-refractivity contribution in [3.8, 4) is 21.1 Å². The molecule has 2 N–H and O–H groups in total. The normalized spacial score (nSPS) is 14.0. The molecule has 0 amide bonds. The van der Waals surface area contributed by atoms with E-state index in [1.54, 1.807) is 9.36 Å². The predicted octanol–water partition coefficient (Wildman–Crippen LogP) is 9.04. The van der Waals surface area contributed by atoms with Crippen LogP contribution in [-0.2, 0) is 46.2 Å². The third-order valence-electron chi connectivity index (χ3n) is 9.76. The van der Waals surface area contributed by atoms with E-state index >= 15 is 8.78 Å². The average Bonchev–Trinajstić information content (AvgIpc) is 3.95. The zero-order valence-electron chi connectivity index (χ0n) is 29.6. The number of aryl methyl sites for hydroxylation is 2. The van der Waals surface area contributed by atoms with Crippen molar-refractivity contribution in [2.75, 3.05) is 0 Å². The van der Waals surface area contributed by atoms with E-state index < -0.39 is 31.9 Å². The molecule has 0 aliphatic heterocycles. The van der Waals surface area contributed by atoms with E-state index in [1.807, 2.05) is 62.4 Å². The fraction of sp³-hybridized carbons (Fsp3) is 0.231. The van der Waals surface area contributed by atoms with Crippen molar-refractivity contribution < 1.29 is 34.7 Å². The molecule has 16 heteroatoms. The second-order valence-electron chi connectivity index (χ2n) is 13.8. The molecule has 0 fully saturated rings. The summed E-state index contributed by atoms with van der Waals surface area (Å²) in [6.45, 7) is 4.62. The Labute approximate surface area is 324 Å². The Balaban J connectivity index is 1.02. The molecular weight excluding hydrogens is 787 g/mol. The molecule has 0 atom stereocenters. The Morgan fingerprint density at radius 1 is 0.691 bits per heavy atom. The summed E-state index contributed by atoms with van der Waals surface area (Å²) < 4.78 is 102. The quantitative estimate of drug-likeness (QED) is 0.0918. The van der Waals surface area contributed by atoms with Crippen LogP contribution < -0.4 is 0 Å². The van der Waals surface area contributed by atoms with E-state index in [0.29, 0.717) is 75.7 Å². The van der Waals surface area contributed by atoms with Gasteiger partial charge in [0.2, 0.25) is 0 Å². The van der Waals surface area contributed by atoms with Crippen molar-refractivity contribution in [3.63, 3.8) is 0 Å². The molecule has 0 saturated carbocycles. The van der Waals surface area contributed by atoms with Crippen molar-refractivity contribution >= 4 is 54.6 Å². The van der Waals surface area contributed by atoms with Crippen LogP contribution in [0.25, 0.3) is 32.8 Å². The van der Waals surface area contributed by atoms with Gasteiger partial charge >= 0.3 is 20.2 Å². The molecule has 10 nitrogen and oxygen atoms in total. The SMILES string of the molecule is Cc1ccc(Cn2nc(/C(F)=C/CCC/C=C(\F)c3nn(Cc4ccc(C)cc4)c4c3Cc3cc(S(=O)(=O)O)sc3-4)c3c2-c2sc(S(=O)(=O)O)cc2C3)cc1. The summed E-state index contributed by atoms with van der Waals surface area (Å²) in [5.41, 5.74) is 8.26. The maximum Gasteiger partial charge on any atom is 0.304 e. The minimum Gasteiger partial charge on any atom is -0.281 e. The summed E-state index contributed by atoms with van der Waals surface area (Å²) >= 11 is 1.87. The van der Waals surface area contributed by atoms with Crippen LogP contribution >= 0.6 is 22.7 Å². The lowest BCUT2D eigenvalue weighted by molar-refractivity contribution is 0.483. The third-order valence-corrected chi connectivity index (χ3v) is 14.7. The van der Waals surface area contributed by atoms with E-state index in [4.69, 9.17) is 0 Å². The number of hydrogen-bond acceptors (Lipinski definition) is 8. The molecule has 0 bridgehead atoms. The standard InChI is InChI=1S/C39H34F2N4O6S4/c1-22-8-12-24(13-9-22)20-44-36-28(16-26-18-32(52-38(26)36)54(46,47)48)34(42-44)30(40)6-4-3-5-7-31(41)35-29-17-27-19-33(55(49,50)51)53-39(27)37(29)45(43-35)21-25-14-10-23(2)11-15-25/h6-15,18-19H,3-5,16-17,20-21H2,1-2H3,(H,46,47,48)(H,49,50,51)/b30-6-,31-7-. The molecule has 2 aromatic carbocycles. The average molecular weight is 821 g/mol. The monoisotopic (exact) mass is 820 g/mol. The largest absolute Gasteiger partial charge is 0.304 e. The predicted molar refractivity (Wildman–Crippen MR) is 209 cm³/mol. The minimum atomic E-state index is -4.40. The van der Waals surface area contributed by atoms with E-state index in [0.717, 1.165) is 44.9 Å². The summed E-state index contributed by atoms with van der Waals surface area (Å²) in [6.07, 6.45) is 4.40. The van der Waals surface area contributed by atoms with Gasteiger partial charge in [-0.25, -0.2) is 8.78 Å². The van der Waals surface area contributed by atoms with Crippen LogP contribution in [0.15, 0.2) is 81.2 Å². The van der Waals surface area contributed by atoms with Gasteiger partial charge in [-0.2, -0.15) is 27.0 Å². The molecule has 0 unspecified atom stereocenters. The molecular formula is C39H34F2N4O6S4. The first-order valence-corrected chi connectivity index (χ1v) is 21.9. The summed E-state index contributed by atoms with van der Waals surface area (Å²) in [6, 6.07) is 18.6. The lowest BCUT2D eigenvalue weighted by atomic mass is 10.1. The summed E-state index contributed by atoms with van der Waals surface area (Å²) in [5, 5.41) is 9.25. The number of unbranched alkanes of at least 4 members (excludes halogenated alkanes) is 2. The maximum absolute atomic E-state index is 15.9. The number of aromatic nitrogens is 4. The Morgan fingerprint density at radius 3 is 1.44 bits per heavy atom. The molecule has 4 heterocycles. The Morgan fingerprint density at radius 2 is 1.07 bits per heavy atom. The first-order chi connectivity index (χ1) is 26.1. The maximum atomic E-state index is 15.9. The van der Waals surface area contributed by atoms with Crippen LogP contribution in [0.4, 0.5) is 8.78 Å². The number of fused-ring (bicyclic) bond motifs is 6. The lowest BCUT2D eigenvalue weighted by Gasteiger charge is -2.06. The molecule has 2 aliphatic rings. The molecule has 55 heavy (non-hydrogen) atoms. The van der Waals surface area contributed by atoms with Crippen molar-refractivity contribution in [2.45, 2.75) is 67.5 Å². The van der Waals surface area contributed by atoms with Gasteiger partial charge in [0, 0.05) is 24.0 Å². The highest BCUT2D eigenvalue weighted by Gasteiger charge is 2.34. The molecule has 8 rings (SSSR count). The Bertz CT molecular complexity index is 2590. The molecule has 4 aromatic heterocycles. The van der Waals surface area contributed by atoms with Gasteiger partial charge in [-0.1, -0.05) is 59.7 Å². The number of hydrogen-bond donors (Lipinski definition) is 2. The summed E-state index contributed by atoms with van der Waals surface area (Å²) in [5.74, 6) is -1.06. The van der Waals surface area contributed by atoms with Crippen molar-refractivity contribution in [1.29, 1.82) is 0 Å². The smallest absolute Gasteiger partial charge is 0.281 e. The van der Waals surface area contributed by atoms with Crippen LogP contribution in [0.2, 0.25) is 0 Å². The Kier molecular flexibility index (Phi) is 9.62. The van der Waals surface area contributed by atoms with Gasteiger partial charge in [0.15, 0.2) is 0 Å². The van der Waals surface area contributed by atoms with E-state index in [9.17, 15) is 25.9 Å². The zero-order chi connectivity index (χ0) is 38.8. The highest BCUT2D eigenvalue weighted by atomic mass is 32.3. The fourth-order valence-electron chi connectivity index (χ4n) is 7.06. The van der Waals surface area contributed by atoms with Gasteiger partial charge in [0.1, 0.15) is 31.5 Å². The van der Waals surface area contributed by atoms with Gasteiger partial charge in [0.05, 0.1) is 34.2 Å². The molecule has 0 saturated heterocycles. The van der Waals surface area contributed by atoms with Crippen LogP contribution in [0.5, 0.6) is 0 Å². The van der Waals surface area contributed by atoms with Crippen LogP contribution in [0.1, 0.15) is 75.2 Å². The first kappa shape index (κ1) is 37.3. The molecule has 0 spiro atoms. The second-order valence-corrected chi connectivity index (χ2v) is 19.2. The van der Waals surface area contributed by atoms with Crippen molar-refractivity contribution in [1.82, 2.24) is 19.6 Å². The zero-order valence-corrected chi connectivity index (χ0v) is 32.8. The number of allylic oxidation sites excluding steroid dienone is 2. The first-order valence-electron chi connectivity index (χ1n) is 17.4. The van der Waals surface area contributed by atoms with Crippen LogP contribution in [0, 0.1) is 13.8 Å².